The molecule has 0 aliphatic rings. The second-order valence-corrected chi connectivity index (χ2v) is 6.26. The van der Waals surface area contributed by atoms with Gasteiger partial charge in [0.15, 0.2) is 0 Å². The quantitative estimate of drug-likeness (QED) is 0.519. The van der Waals surface area contributed by atoms with Gasteiger partial charge in [-0.1, -0.05) is 0 Å². The summed E-state index contributed by atoms with van der Waals surface area (Å²) in [5.74, 6) is 0. The van der Waals surface area contributed by atoms with Gasteiger partial charge in [-0.05, 0) is 0 Å². The summed E-state index contributed by atoms with van der Waals surface area (Å²) in [6, 6.07) is 0.701. The third-order valence-electron chi connectivity index (χ3n) is 1.20. The summed E-state index contributed by atoms with van der Waals surface area (Å²) < 4.78 is 14.7. The van der Waals surface area contributed by atoms with Crippen LogP contribution in [0.5, 0.6) is 0 Å². The highest BCUT2D eigenvalue weighted by atomic mass is 28.5. The average molecular weight is 219 g/mol. The van der Waals surface area contributed by atoms with Gasteiger partial charge in [-0.25, -0.2) is 0 Å². The average Bonchev–Trinajstić information content (AvgIpc) is 2.08. The number of rotatable bonds is 6. The van der Waals surface area contributed by atoms with E-state index in [9.17, 15) is 0 Å². The highest BCUT2D eigenvalue weighted by Gasteiger charge is 2.35. The fourth-order valence-electron chi connectivity index (χ4n) is 0.557. The Morgan fingerprint density at radius 3 is 1.82 bits per heavy atom. The van der Waals surface area contributed by atoms with E-state index in [-0.39, 0.29) is 0 Å². The van der Waals surface area contributed by atoms with Crippen molar-refractivity contribution in [1.29, 1.82) is 0 Å². The van der Waals surface area contributed by atoms with E-state index in [4.69, 9.17) is 12.3 Å². The molecule has 0 amide bonds. The van der Waals surface area contributed by atoms with Crippen molar-refractivity contribution in [2.24, 2.45) is 0 Å². The maximum absolute atomic E-state index is 4.91. The molecule has 8 heteroatoms. The lowest BCUT2D eigenvalue weighted by Crippen LogP contribution is -2.52. The maximum atomic E-state index is 4.91. The minimum atomic E-state index is -2.54. The van der Waals surface area contributed by atoms with Gasteiger partial charge in [0.1, 0.15) is 0 Å². The van der Waals surface area contributed by atoms with E-state index in [0.717, 1.165) is 13.0 Å². The molecule has 0 unspecified atom stereocenters. The predicted octanol–water partition coefficient (Wildman–Crippen LogP) is -2.14. The Morgan fingerprint density at radius 2 is 1.55 bits per heavy atom. The Hall–Kier alpha value is 0.708. The molecule has 0 fully saturated rings. The largest absolute Gasteiger partial charge is 0.468 e. The van der Waals surface area contributed by atoms with Crippen molar-refractivity contribution in [3.63, 3.8) is 0 Å². The molecule has 0 aromatic heterocycles. The molecule has 0 saturated heterocycles. The molecule has 0 atom stereocenters. The molecule has 0 aromatic rings. The molecule has 59 valence electrons. The van der Waals surface area contributed by atoms with E-state index in [1.165, 1.54) is 0 Å². The van der Waals surface area contributed by atoms with Crippen molar-refractivity contribution in [3.05, 3.63) is 0 Å². The highest BCUT2D eigenvalue weighted by Crippen LogP contribution is 2.12. The van der Waals surface area contributed by atoms with Gasteiger partial charge in [0.05, 0.1) is 6.54 Å². The molecule has 11 heavy (non-hydrogen) atoms. The molecule has 9 radical (unpaired) electrons. The molecule has 4 nitrogen and oxygen atoms in total. The predicted molar refractivity (Wildman–Crippen MR) is 43.5 cm³/mol. The summed E-state index contributed by atoms with van der Waals surface area (Å²) in [4.78, 5) is 0. The van der Waals surface area contributed by atoms with Crippen molar-refractivity contribution >= 4 is 40.3 Å². The molecule has 0 heterocycles. The summed E-state index contributed by atoms with van der Waals surface area (Å²) in [5, 5.41) is 0. The lowest BCUT2D eigenvalue weighted by molar-refractivity contribution is -0.367. The first kappa shape index (κ1) is 11.7. The molecule has 0 rings (SSSR count). The van der Waals surface area contributed by atoms with Crippen LogP contribution in [0, 0.1) is 0 Å². The van der Waals surface area contributed by atoms with Gasteiger partial charge in [0.25, 0.3) is 0 Å². The van der Waals surface area contributed by atoms with E-state index < -0.39 is 8.80 Å². The monoisotopic (exact) mass is 219 g/mol. The van der Waals surface area contributed by atoms with Gasteiger partial charge >= 0.3 is 8.80 Å². The Balaban J connectivity index is 3.84. The molecule has 0 saturated carbocycles. The van der Waals surface area contributed by atoms with Crippen molar-refractivity contribution in [2.45, 2.75) is 12.5 Å². The topological polar surface area (TPSA) is 55.3 Å². The van der Waals surface area contributed by atoms with Crippen molar-refractivity contribution in [1.82, 2.24) is 0 Å². The first-order chi connectivity index (χ1) is 5.24. The summed E-state index contributed by atoms with van der Waals surface area (Å²) in [7, 11) is 6.16. The molecule has 0 aliphatic carbocycles. The minimum absolute atomic E-state index is 0.701. The van der Waals surface area contributed by atoms with Crippen LogP contribution in [0.25, 0.3) is 0 Å². The molecule has 0 bridgehead atoms. The van der Waals surface area contributed by atoms with Crippen LogP contribution in [-0.4, -0.2) is 46.8 Å². The molecular formula is C3H9NO3Si4+. The van der Waals surface area contributed by atoms with Crippen molar-refractivity contribution < 1.29 is 18.1 Å². The smallest absolute Gasteiger partial charge is 0.416 e. The summed E-state index contributed by atoms with van der Waals surface area (Å²) in [5.41, 5.74) is 3.70. The number of hydrogen-bond donors (Lipinski definition) is 1. The van der Waals surface area contributed by atoms with Crippen molar-refractivity contribution in [3.8, 4) is 0 Å². The molecule has 3 N–H and O–H groups in total. The fraction of sp³-hybridized carbons (Fsp3) is 1.00. The van der Waals surface area contributed by atoms with Crippen LogP contribution in [-0.2, 0) is 12.3 Å². The third-order valence-corrected chi connectivity index (χ3v) is 5.90. The zero-order chi connectivity index (χ0) is 8.74. The van der Waals surface area contributed by atoms with E-state index in [0.29, 0.717) is 6.04 Å². The van der Waals surface area contributed by atoms with Crippen LogP contribution in [0.2, 0.25) is 6.04 Å². The van der Waals surface area contributed by atoms with Gasteiger partial charge in [-0.2, -0.15) is 0 Å². The van der Waals surface area contributed by atoms with Gasteiger partial charge in [-0.15, -0.1) is 0 Å². The first-order valence-electron chi connectivity index (χ1n) is 3.08. The van der Waals surface area contributed by atoms with Crippen LogP contribution in [0.1, 0.15) is 6.42 Å². The Morgan fingerprint density at radius 1 is 1.09 bits per heavy atom. The third kappa shape index (κ3) is 3.75. The van der Waals surface area contributed by atoms with Crippen LogP contribution >= 0.6 is 0 Å². The highest BCUT2D eigenvalue weighted by molar-refractivity contribution is 6.69. The molecular weight excluding hydrogens is 210 g/mol. The Labute approximate surface area is 77.8 Å². The normalized spacial score (nSPS) is 12.0. The van der Waals surface area contributed by atoms with Crippen LogP contribution in [0.4, 0.5) is 0 Å². The van der Waals surface area contributed by atoms with Gasteiger partial charge < -0.3 is 18.1 Å². The van der Waals surface area contributed by atoms with Crippen LogP contribution in [0.3, 0.4) is 0 Å². The number of hydrogen-bond acceptors (Lipinski definition) is 3. The molecule has 0 aliphatic heterocycles. The minimum Gasteiger partial charge on any atom is -0.416 e. The van der Waals surface area contributed by atoms with Gasteiger partial charge in [-0.3, -0.25) is 0 Å². The van der Waals surface area contributed by atoms with E-state index >= 15 is 0 Å². The second kappa shape index (κ2) is 6.25. The summed E-state index contributed by atoms with van der Waals surface area (Å²) in [6.07, 6.45) is 0.895. The first-order valence-corrected chi connectivity index (χ1v) is 6.23. The van der Waals surface area contributed by atoms with Gasteiger partial charge in [0, 0.05) is 12.5 Å². The SMILES string of the molecule is [NH3+]CCC[Si](O[Si])(O[Si])O[Si]. The lowest BCUT2D eigenvalue weighted by Gasteiger charge is -2.24. The Bertz CT molecular complexity index is 92.3. The van der Waals surface area contributed by atoms with E-state index in [1.54, 1.807) is 0 Å². The van der Waals surface area contributed by atoms with Crippen molar-refractivity contribution in [2.75, 3.05) is 6.54 Å². The fourth-order valence-corrected chi connectivity index (χ4v) is 4.09. The summed E-state index contributed by atoms with van der Waals surface area (Å²) in [6.45, 7) is 0.829. The molecule has 0 aromatic carbocycles. The van der Waals surface area contributed by atoms with Crippen LogP contribution in [0.15, 0.2) is 0 Å². The molecule has 0 spiro atoms. The van der Waals surface area contributed by atoms with E-state index in [2.05, 4.69) is 37.2 Å². The number of quaternary nitrogens is 1. The van der Waals surface area contributed by atoms with Gasteiger partial charge in [0.2, 0.25) is 31.5 Å². The van der Waals surface area contributed by atoms with Crippen LogP contribution < -0.4 is 5.73 Å². The zero-order valence-corrected chi connectivity index (χ0v) is 10.1. The van der Waals surface area contributed by atoms with E-state index in [1.807, 2.05) is 0 Å². The second-order valence-electron chi connectivity index (χ2n) is 1.95. The zero-order valence-electron chi connectivity index (χ0n) is 6.05. The standard InChI is InChI=1S/C3H8NO3Si4/c4-2-1-3-11(5-8,6-9)7-10/h1-4H2/p+1. The summed E-state index contributed by atoms with van der Waals surface area (Å²) >= 11 is 0. The lowest BCUT2D eigenvalue weighted by atomic mass is 10.5. The maximum Gasteiger partial charge on any atom is 0.468 e. The Kier molecular flexibility index (Phi) is 6.65.